The van der Waals surface area contributed by atoms with E-state index >= 15 is 0 Å². The second kappa shape index (κ2) is 9.88. The van der Waals surface area contributed by atoms with Gasteiger partial charge in [-0.1, -0.05) is 17.7 Å². The first kappa shape index (κ1) is 21.9. The van der Waals surface area contributed by atoms with Crippen LogP contribution in [0.3, 0.4) is 0 Å². The van der Waals surface area contributed by atoms with E-state index in [0.29, 0.717) is 39.1 Å². The first-order valence-electron chi connectivity index (χ1n) is 9.83. The van der Waals surface area contributed by atoms with Crippen LogP contribution >= 0.6 is 11.6 Å². The fourth-order valence-corrected chi connectivity index (χ4v) is 3.17. The van der Waals surface area contributed by atoms with Crippen molar-refractivity contribution in [3.8, 4) is 17.1 Å². The number of aromatic nitrogens is 3. The molecule has 4 aromatic rings. The Morgan fingerprint density at radius 1 is 0.848 bits per heavy atom. The number of hydrogen-bond acceptors (Lipinski definition) is 6. The number of anilines is 2. The second-order valence-corrected chi connectivity index (χ2v) is 7.25. The zero-order valence-electron chi connectivity index (χ0n) is 17.4. The normalized spacial score (nSPS) is 10.4. The van der Waals surface area contributed by atoms with E-state index < -0.39 is 5.91 Å². The van der Waals surface area contributed by atoms with Crippen LogP contribution in [0.4, 0.5) is 11.4 Å². The van der Waals surface area contributed by atoms with Crippen molar-refractivity contribution in [1.29, 1.82) is 0 Å². The molecular weight excluding hydrogens is 442 g/mol. The van der Waals surface area contributed by atoms with Crippen molar-refractivity contribution in [2.24, 2.45) is 0 Å². The standard InChI is InChI=1S/C24H18ClN5O3/c1-33-22-10-7-17(14-28-22)30-24(32)21-9-5-15(13-27-21)23(31)29-16-6-8-19(25)18(12-16)20-4-2-3-11-26-20/h2-14H,1H3,(H,29,31)(H,30,32). The van der Waals surface area contributed by atoms with Crippen LogP contribution in [0.2, 0.25) is 5.02 Å². The van der Waals surface area contributed by atoms with Gasteiger partial charge in [0.25, 0.3) is 11.8 Å². The highest BCUT2D eigenvalue weighted by Gasteiger charge is 2.13. The lowest BCUT2D eigenvalue weighted by Gasteiger charge is -2.09. The predicted octanol–water partition coefficient (Wildman–Crippen LogP) is 4.71. The van der Waals surface area contributed by atoms with Crippen molar-refractivity contribution in [1.82, 2.24) is 15.0 Å². The molecule has 0 bridgehead atoms. The predicted molar refractivity (Wildman–Crippen MR) is 126 cm³/mol. The molecule has 0 saturated heterocycles. The van der Waals surface area contributed by atoms with Crippen LogP contribution in [0.15, 0.2) is 79.3 Å². The van der Waals surface area contributed by atoms with Crippen molar-refractivity contribution in [2.45, 2.75) is 0 Å². The zero-order valence-corrected chi connectivity index (χ0v) is 18.2. The topological polar surface area (TPSA) is 106 Å². The van der Waals surface area contributed by atoms with Gasteiger partial charge in [-0.05, 0) is 48.5 Å². The molecule has 0 atom stereocenters. The fourth-order valence-electron chi connectivity index (χ4n) is 2.96. The highest BCUT2D eigenvalue weighted by atomic mass is 35.5. The van der Waals surface area contributed by atoms with E-state index in [2.05, 4.69) is 25.6 Å². The molecule has 0 aliphatic rings. The van der Waals surface area contributed by atoms with Gasteiger partial charge in [0.2, 0.25) is 5.88 Å². The van der Waals surface area contributed by atoms with Gasteiger partial charge < -0.3 is 15.4 Å². The lowest BCUT2D eigenvalue weighted by atomic mass is 10.1. The minimum atomic E-state index is -0.424. The molecule has 164 valence electrons. The van der Waals surface area contributed by atoms with Crippen molar-refractivity contribution in [3.05, 3.63) is 95.5 Å². The highest BCUT2D eigenvalue weighted by Crippen LogP contribution is 2.29. The first-order valence-corrected chi connectivity index (χ1v) is 10.2. The molecule has 0 aliphatic carbocycles. The summed E-state index contributed by atoms with van der Waals surface area (Å²) in [5.74, 6) is -0.357. The number of pyridine rings is 3. The average molecular weight is 460 g/mol. The minimum absolute atomic E-state index is 0.159. The fraction of sp³-hybridized carbons (Fsp3) is 0.0417. The summed E-state index contributed by atoms with van der Waals surface area (Å²) in [7, 11) is 1.51. The summed E-state index contributed by atoms with van der Waals surface area (Å²) in [5.41, 5.74) is 2.91. The smallest absolute Gasteiger partial charge is 0.274 e. The number of nitrogens with one attached hydrogen (secondary N) is 2. The average Bonchev–Trinajstić information content (AvgIpc) is 2.86. The summed E-state index contributed by atoms with van der Waals surface area (Å²) in [6.45, 7) is 0. The number of hydrogen-bond donors (Lipinski definition) is 2. The molecule has 3 aromatic heterocycles. The van der Waals surface area contributed by atoms with E-state index in [1.807, 2.05) is 18.2 Å². The summed E-state index contributed by atoms with van der Waals surface area (Å²) < 4.78 is 4.99. The van der Waals surface area contributed by atoms with Crippen LogP contribution < -0.4 is 15.4 Å². The molecule has 33 heavy (non-hydrogen) atoms. The number of methoxy groups -OCH3 is 1. The van der Waals surface area contributed by atoms with E-state index in [-0.39, 0.29) is 11.6 Å². The summed E-state index contributed by atoms with van der Waals surface area (Å²) >= 11 is 6.29. The molecule has 8 nitrogen and oxygen atoms in total. The lowest BCUT2D eigenvalue weighted by molar-refractivity contribution is 0.101. The van der Waals surface area contributed by atoms with E-state index in [4.69, 9.17) is 16.3 Å². The second-order valence-electron chi connectivity index (χ2n) is 6.84. The molecule has 1 aromatic carbocycles. The molecule has 0 radical (unpaired) electrons. The van der Waals surface area contributed by atoms with E-state index in [9.17, 15) is 9.59 Å². The lowest BCUT2D eigenvalue weighted by Crippen LogP contribution is -2.16. The van der Waals surface area contributed by atoms with Crippen molar-refractivity contribution >= 4 is 34.8 Å². The van der Waals surface area contributed by atoms with Crippen molar-refractivity contribution in [2.75, 3.05) is 17.7 Å². The molecule has 2 amide bonds. The molecule has 0 spiro atoms. The van der Waals surface area contributed by atoms with Gasteiger partial charge in [-0.2, -0.15) is 0 Å². The minimum Gasteiger partial charge on any atom is -0.481 e. The quantitative estimate of drug-likeness (QED) is 0.432. The molecular formula is C24H18ClN5O3. The Balaban J connectivity index is 1.43. The van der Waals surface area contributed by atoms with Gasteiger partial charge in [0, 0.05) is 29.7 Å². The summed E-state index contributed by atoms with van der Waals surface area (Å²) in [6, 6.07) is 17.0. The van der Waals surface area contributed by atoms with Gasteiger partial charge in [-0.15, -0.1) is 0 Å². The highest BCUT2D eigenvalue weighted by molar-refractivity contribution is 6.33. The maximum Gasteiger partial charge on any atom is 0.274 e. The van der Waals surface area contributed by atoms with Gasteiger partial charge in [-0.25, -0.2) is 4.98 Å². The Morgan fingerprint density at radius 3 is 2.33 bits per heavy atom. The number of ether oxygens (including phenoxy) is 1. The van der Waals surface area contributed by atoms with Crippen molar-refractivity contribution < 1.29 is 14.3 Å². The number of carbonyl (C=O) groups is 2. The van der Waals surface area contributed by atoms with Gasteiger partial charge >= 0.3 is 0 Å². The largest absolute Gasteiger partial charge is 0.481 e. The number of halogens is 1. The Morgan fingerprint density at radius 2 is 1.67 bits per heavy atom. The Kier molecular flexibility index (Phi) is 6.56. The van der Waals surface area contributed by atoms with Crippen LogP contribution in [0.1, 0.15) is 20.8 Å². The number of rotatable bonds is 6. The Labute approximate surface area is 194 Å². The number of carbonyl (C=O) groups excluding carboxylic acids is 2. The first-order chi connectivity index (χ1) is 16.0. The maximum absolute atomic E-state index is 12.7. The van der Waals surface area contributed by atoms with E-state index in [1.165, 1.54) is 31.6 Å². The molecule has 0 saturated carbocycles. The third kappa shape index (κ3) is 5.31. The Hall–Kier alpha value is -4.30. The summed E-state index contributed by atoms with van der Waals surface area (Å²) in [5, 5.41) is 6.02. The third-order valence-electron chi connectivity index (χ3n) is 4.63. The van der Waals surface area contributed by atoms with Crippen molar-refractivity contribution in [3.63, 3.8) is 0 Å². The SMILES string of the molecule is COc1ccc(NC(=O)c2ccc(C(=O)Nc3ccc(Cl)c(-c4ccccn4)c3)cn2)cn1. The van der Waals surface area contributed by atoms with Gasteiger partial charge in [0.05, 0.1) is 35.3 Å². The number of amides is 2. The van der Waals surface area contributed by atoms with Crippen LogP contribution in [0, 0.1) is 0 Å². The molecule has 9 heteroatoms. The van der Waals surface area contributed by atoms with E-state index in [0.717, 1.165) is 0 Å². The molecule has 0 fully saturated rings. The van der Waals surface area contributed by atoms with Crippen LogP contribution in [-0.4, -0.2) is 33.9 Å². The summed E-state index contributed by atoms with van der Waals surface area (Å²) in [6.07, 6.45) is 4.49. The monoisotopic (exact) mass is 459 g/mol. The number of nitrogens with zero attached hydrogens (tertiary/aromatic N) is 3. The van der Waals surface area contributed by atoms with E-state index in [1.54, 1.807) is 36.5 Å². The molecule has 0 aliphatic heterocycles. The van der Waals surface area contributed by atoms with Gasteiger partial charge in [-0.3, -0.25) is 19.6 Å². The molecule has 3 heterocycles. The van der Waals surface area contributed by atoms with Gasteiger partial charge in [0.1, 0.15) is 5.69 Å². The van der Waals surface area contributed by atoms with Gasteiger partial charge in [0.15, 0.2) is 0 Å². The molecule has 0 unspecified atom stereocenters. The molecule has 2 N–H and O–H groups in total. The molecule has 4 rings (SSSR count). The third-order valence-corrected chi connectivity index (χ3v) is 4.96. The van der Waals surface area contributed by atoms with Crippen LogP contribution in [0.25, 0.3) is 11.3 Å². The Bertz CT molecular complexity index is 1280. The number of benzene rings is 1. The van der Waals surface area contributed by atoms with Crippen LogP contribution in [0.5, 0.6) is 5.88 Å². The van der Waals surface area contributed by atoms with Crippen LogP contribution in [-0.2, 0) is 0 Å². The zero-order chi connectivity index (χ0) is 23.2. The maximum atomic E-state index is 12.7. The summed E-state index contributed by atoms with van der Waals surface area (Å²) in [4.78, 5) is 37.5.